The summed E-state index contributed by atoms with van der Waals surface area (Å²) in [6.45, 7) is 0. The van der Waals surface area contributed by atoms with Crippen molar-refractivity contribution in [1.82, 2.24) is 0 Å². The van der Waals surface area contributed by atoms with Crippen LogP contribution in [-0.2, 0) is 4.79 Å². The first-order valence-electron chi connectivity index (χ1n) is 26.8. The summed E-state index contributed by atoms with van der Waals surface area (Å²) in [6.07, 6.45) is 3.18. The number of Topliss-reactive ketones (excluding diaryl/α,β-unsaturated/α-hetero) is 1. The Morgan fingerprint density at radius 1 is 0.414 bits per heavy atom. The fourth-order valence-electron chi connectivity index (χ4n) is 11.4. The molecule has 0 saturated carbocycles. The van der Waals surface area contributed by atoms with Gasteiger partial charge in [-0.3, -0.25) is 4.79 Å². The highest BCUT2D eigenvalue weighted by Crippen LogP contribution is 2.38. The third-order valence-electron chi connectivity index (χ3n) is 15.3. The molecular weight excluding hydrogens is 1170 g/mol. The van der Waals surface area contributed by atoms with E-state index >= 15 is 4.48 Å². The normalized spacial score (nSPS) is 12.9. The molecule has 1 N–H and O–H groups in total. The van der Waals surface area contributed by atoms with E-state index in [-0.39, 0.29) is 22.4 Å². The molecule has 0 radical (unpaired) electrons. The van der Waals surface area contributed by atoms with Crippen molar-refractivity contribution in [1.29, 1.82) is 0 Å². The summed E-state index contributed by atoms with van der Waals surface area (Å²) in [6, 6.07) is 72.9. The second-order valence-electron chi connectivity index (χ2n) is 20.0. The van der Waals surface area contributed by atoms with Crippen molar-refractivity contribution in [3.05, 3.63) is 323 Å². The van der Waals surface area contributed by atoms with Crippen molar-refractivity contribution < 1.29 is 58.3 Å². The Balaban J connectivity index is 0.000000180. The van der Waals surface area contributed by atoms with Crippen molar-refractivity contribution in [3.8, 4) is 5.75 Å². The van der Waals surface area contributed by atoms with Crippen LogP contribution in [0.2, 0.25) is 0 Å². The number of anilines is 1. The second-order valence-corrected chi connectivity index (χ2v) is 27.6. The van der Waals surface area contributed by atoms with Crippen molar-refractivity contribution in [2.75, 3.05) is 5.12 Å². The van der Waals surface area contributed by atoms with Gasteiger partial charge in [-0.15, -0.1) is 0 Å². The first-order chi connectivity index (χ1) is 42.1. The van der Waals surface area contributed by atoms with Crippen LogP contribution in [0.5, 0.6) is 5.75 Å². The van der Waals surface area contributed by atoms with Gasteiger partial charge < -0.3 is 5.11 Å². The molecule has 17 heteroatoms. The van der Waals surface area contributed by atoms with Crippen LogP contribution in [0, 0.1) is 58.2 Å². The number of fused-ring (bicyclic) bond motifs is 2. The summed E-state index contributed by atoms with van der Waals surface area (Å²) < 4.78 is 157. The lowest BCUT2D eigenvalue weighted by Gasteiger charge is -2.37. The highest BCUT2D eigenvalue weighted by Gasteiger charge is 2.48. The van der Waals surface area contributed by atoms with E-state index in [2.05, 4.69) is 4.99 Å². The predicted molar refractivity (Wildman–Crippen MR) is 324 cm³/mol. The Labute approximate surface area is 493 Å². The van der Waals surface area contributed by atoms with Crippen LogP contribution in [-0.4, -0.2) is 33.3 Å². The number of benzene rings is 11. The average molecular weight is 1210 g/mol. The number of phenolic OH excluding ortho intramolecular Hbond substituents is 1. The number of carbonyl (C=O) groups is 1. The number of aliphatic imine (C=N–C) groups is 1. The molecule has 11 aromatic rings. The predicted octanol–water partition coefficient (Wildman–Crippen LogP) is 13.2. The molecule has 1 aliphatic rings. The zero-order valence-electron chi connectivity index (χ0n) is 45.2. The van der Waals surface area contributed by atoms with Gasteiger partial charge in [0.05, 0.1) is 6.20 Å². The summed E-state index contributed by atoms with van der Waals surface area (Å²) in [5.41, 5.74) is -2.67. The van der Waals surface area contributed by atoms with Gasteiger partial charge in [0.15, 0.2) is 74.2 Å². The van der Waals surface area contributed by atoms with E-state index < -0.39 is 96.6 Å². The standard InChI is InChI=1S/C35H21F6NOSi.C35H22F5NOSi/c36-29-30(37)32(39)34(33(40)31(29)38)42(41)21-27-26-19-11-10-12-22(26)20-28(35(27)43)44(23-13-4-1-5-14-23,24-15-6-2-7-16-24)25-17-8-3-9-18-25;36-29-30(37)32(39)34(33(40)31(29)38)41-21-27-26-19-11-10-12-22(26)20-28(35(27)42)43(23-13-4-1-5-14-23,24-15-6-2-7-16-24)25-17-8-3-9-18-25/h1-21H;1-21,42H/b27-21-;. The minimum absolute atomic E-state index is 0.0803. The van der Waals surface area contributed by atoms with Gasteiger partial charge in [-0.05, 0) is 58.2 Å². The number of ketones is 1. The van der Waals surface area contributed by atoms with E-state index in [0.717, 1.165) is 37.3 Å². The molecule has 0 amide bonds. The Hall–Kier alpha value is -10.2. The third-order valence-corrected chi connectivity index (χ3v) is 24.9. The van der Waals surface area contributed by atoms with Gasteiger partial charge in [-0.2, -0.15) is 5.12 Å². The van der Waals surface area contributed by atoms with Crippen molar-refractivity contribution in [2.45, 2.75) is 0 Å². The summed E-state index contributed by atoms with van der Waals surface area (Å²) in [7, 11) is -6.74. The largest absolute Gasteiger partial charge is 0.507 e. The van der Waals surface area contributed by atoms with E-state index in [1.54, 1.807) is 36.4 Å². The maximum atomic E-state index is 15.7. The minimum Gasteiger partial charge on any atom is -0.507 e. The van der Waals surface area contributed by atoms with Crippen LogP contribution < -0.4 is 41.4 Å². The van der Waals surface area contributed by atoms with Gasteiger partial charge in [0.1, 0.15) is 11.4 Å². The van der Waals surface area contributed by atoms with Crippen LogP contribution in [0.3, 0.4) is 0 Å². The number of allylic oxidation sites excluding steroid dienone is 2. The number of hydrogen-bond donors (Lipinski definition) is 1. The van der Waals surface area contributed by atoms with E-state index in [1.165, 1.54) is 6.07 Å². The maximum Gasteiger partial charge on any atom is 0.200 e. The highest BCUT2D eigenvalue weighted by atomic mass is 28.3. The molecule has 12 rings (SSSR count). The molecule has 0 saturated heterocycles. The molecule has 0 unspecified atom stereocenters. The molecular formula is C70H43F11N2O2Si2. The van der Waals surface area contributed by atoms with Crippen LogP contribution in [0.4, 0.5) is 59.8 Å². The van der Waals surface area contributed by atoms with E-state index in [1.807, 2.05) is 200 Å². The molecule has 87 heavy (non-hydrogen) atoms. The van der Waals surface area contributed by atoms with Gasteiger partial charge in [-0.25, -0.2) is 48.9 Å². The first-order valence-corrected chi connectivity index (χ1v) is 30.8. The van der Waals surface area contributed by atoms with Gasteiger partial charge in [-0.1, -0.05) is 247 Å². The molecule has 0 bridgehead atoms. The van der Waals surface area contributed by atoms with Crippen LogP contribution in [0.25, 0.3) is 22.4 Å². The highest BCUT2D eigenvalue weighted by molar-refractivity contribution is 7.20. The minimum atomic E-state index is -3.46. The molecule has 0 atom stereocenters. The number of halogens is 11. The molecule has 0 heterocycles. The molecule has 4 nitrogen and oxygen atoms in total. The molecule has 0 spiro atoms. The van der Waals surface area contributed by atoms with E-state index in [9.17, 15) is 53.8 Å². The number of nitrogens with zero attached hydrogens (tertiary/aromatic N) is 2. The van der Waals surface area contributed by atoms with Gasteiger partial charge in [0.25, 0.3) is 0 Å². The van der Waals surface area contributed by atoms with Crippen molar-refractivity contribution >= 4 is 98.2 Å². The fourth-order valence-corrected chi connectivity index (χ4v) is 21.1. The number of hydrogen-bond acceptors (Lipinski definition) is 4. The van der Waals surface area contributed by atoms with E-state index in [4.69, 9.17) is 0 Å². The monoisotopic (exact) mass is 1210 g/mol. The lowest BCUT2D eigenvalue weighted by Crippen LogP contribution is -2.74. The van der Waals surface area contributed by atoms with Crippen LogP contribution in [0.1, 0.15) is 16.7 Å². The zero-order valence-corrected chi connectivity index (χ0v) is 47.2. The topological polar surface area (TPSA) is 52.9 Å². The lowest BCUT2D eigenvalue weighted by atomic mass is 9.92. The Morgan fingerprint density at radius 2 is 0.770 bits per heavy atom. The second kappa shape index (κ2) is 24.4. The third kappa shape index (κ3) is 10.2. The maximum absolute atomic E-state index is 15.7. The number of aromatic hydroxyl groups is 1. The lowest BCUT2D eigenvalue weighted by molar-refractivity contribution is -0.110. The summed E-state index contributed by atoms with van der Waals surface area (Å²) in [5.74, 6) is -23.2. The Bertz CT molecular complexity index is 4250. The van der Waals surface area contributed by atoms with Crippen LogP contribution >= 0.6 is 0 Å². The molecule has 0 aromatic heterocycles. The number of rotatable bonds is 12. The molecule has 0 aliphatic heterocycles. The quantitative estimate of drug-likeness (QED) is 0.0194. The smallest absolute Gasteiger partial charge is 0.200 e. The fraction of sp³-hybridized carbons (Fsp3) is 0. The SMILES string of the molecule is O=C1C([Si](c2ccccc2)(c2ccccc2)c2ccccc2)=Cc2ccccc2/C1=C/N(F)c1c(F)c(F)c(F)c(F)c1F.Oc1c([Si](c2ccccc2)(c2ccccc2)c2ccccc2)cc2ccccc2c1C=Nc1c(F)c(F)c(F)c(F)c1F. The molecule has 1 aliphatic carbocycles. The number of phenols is 1. The number of carbonyl (C=O) groups excluding carboxylic acids is 1. The summed E-state index contributed by atoms with van der Waals surface area (Å²) >= 11 is 0. The van der Waals surface area contributed by atoms with Gasteiger partial charge in [0, 0.05) is 22.5 Å². The van der Waals surface area contributed by atoms with Gasteiger partial charge >= 0.3 is 0 Å². The average Bonchev–Trinajstić information content (AvgIpc) is 1.58. The summed E-state index contributed by atoms with van der Waals surface area (Å²) in [5, 5.41) is 18.8. The van der Waals surface area contributed by atoms with Crippen LogP contribution in [0.15, 0.2) is 253 Å². The molecule has 0 fully saturated rings. The molecule has 430 valence electrons. The Morgan fingerprint density at radius 3 is 1.21 bits per heavy atom. The Kier molecular flexibility index (Phi) is 16.4. The molecule has 11 aromatic carbocycles. The summed E-state index contributed by atoms with van der Waals surface area (Å²) in [4.78, 5) is 18.4. The van der Waals surface area contributed by atoms with E-state index in [0.29, 0.717) is 32.9 Å². The van der Waals surface area contributed by atoms with Crippen molar-refractivity contribution in [2.24, 2.45) is 4.99 Å². The zero-order chi connectivity index (χ0) is 61.1. The van der Waals surface area contributed by atoms with Gasteiger partial charge in [0.2, 0.25) is 11.6 Å². The first kappa shape index (κ1) is 58.5. The van der Waals surface area contributed by atoms with Crippen molar-refractivity contribution in [3.63, 3.8) is 0 Å².